The molecule has 2 aromatic rings. The smallest absolute Gasteiger partial charge is 0.230 e. The molecule has 0 aromatic carbocycles. The predicted octanol–water partition coefficient (Wildman–Crippen LogP) is 1.91. The fourth-order valence-corrected chi connectivity index (χ4v) is 3.19. The lowest BCUT2D eigenvalue weighted by atomic mass is 10.3. The SMILES string of the molecule is CCN(CC)CCCNC(=O)CSc1nc2cccnc2n1C. The number of carbonyl (C=O) groups excluding carboxylic acids is 1. The molecule has 2 rings (SSSR count). The van der Waals surface area contributed by atoms with Gasteiger partial charge in [-0.1, -0.05) is 25.6 Å². The number of pyridine rings is 1. The Hall–Kier alpha value is -1.60. The molecule has 7 heteroatoms. The lowest BCUT2D eigenvalue weighted by molar-refractivity contribution is -0.118. The lowest BCUT2D eigenvalue weighted by Gasteiger charge is -2.17. The van der Waals surface area contributed by atoms with Gasteiger partial charge in [0.1, 0.15) is 5.52 Å². The number of nitrogens with zero attached hydrogens (tertiary/aromatic N) is 4. The van der Waals surface area contributed by atoms with E-state index in [2.05, 4.69) is 34.0 Å². The third kappa shape index (κ3) is 4.94. The van der Waals surface area contributed by atoms with Crippen LogP contribution in [0.15, 0.2) is 23.5 Å². The van der Waals surface area contributed by atoms with Gasteiger partial charge in [0.15, 0.2) is 10.8 Å². The number of aromatic nitrogens is 3. The molecule has 0 bridgehead atoms. The van der Waals surface area contributed by atoms with Crippen molar-refractivity contribution >= 4 is 28.8 Å². The molecule has 0 aliphatic carbocycles. The first-order valence-electron chi connectivity index (χ1n) is 8.05. The van der Waals surface area contributed by atoms with E-state index in [1.165, 1.54) is 11.8 Å². The van der Waals surface area contributed by atoms with Crippen molar-refractivity contribution in [2.24, 2.45) is 7.05 Å². The van der Waals surface area contributed by atoms with Crippen molar-refractivity contribution in [2.75, 3.05) is 31.9 Å². The predicted molar refractivity (Wildman–Crippen MR) is 94.6 cm³/mol. The molecule has 1 amide bonds. The van der Waals surface area contributed by atoms with Crippen molar-refractivity contribution in [3.8, 4) is 0 Å². The largest absolute Gasteiger partial charge is 0.355 e. The molecule has 0 spiro atoms. The van der Waals surface area contributed by atoms with Crippen LogP contribution >= 0.6 is 11.8 Å². The Morgan fingerprint density at radius 3 is 2.87 bits per heavy atom. The zero-order valence-electron chi connectivity index (χ0n) is 14.1. The highest BCUT2D eigenvalue weighted by molar-refractivity contribution is 7.99. The summed E-state index contributed by atoms with van der Waals surface area (Å²) in [5.41, 5.74) is 1.70. The number of hydrogen-bond donors (Lipinski definition) is 1. The molecule has 1 N–H and O–H groups in total. The molecule has 0 aliphatic heterocycles. The van der Waals surface area contributed by atoms with Crippen molar-refractivity contribution in [3.63, 3.8) is 0 Å². The Balaban J connectivity index is 1.74. The zero-order chi connectivity index (χ0) is 16.7. The minimum absolute atomic E-state index is 0.0505. The van der Waals surface area contributed by atoms with Crippen LogP contribution in [0.5, 0.6) is 0 Å². The molecule has 23 heavy (non-hydrogen) atoms. The molecule has 6 nitrogen and oxygen atoms in total. The minimum Gasteiger partial charge on any atom is -0.355 e. The number of carbonyl (C=O) groups is 1. The maximum Gasteiger partial charge on any atom is 0.230 e. The molecule has 0 unspecified atom stereocenters. The van der Waals surface area contributed by atoms with Crippen LogP contribution in [-0.2, 0) is 11.8 Å². The first kappa shape index (κ1) is 17.7. The standard InChI is InChI=1S/C16H25N5OS/c1-4-21(5-2)11-7-10-17-14(22)12-23-16-19-13-8-6-9-18-15(13)20(16)3/h6,8-9H,4-5,7,10-12H2,1-3H3,(H,17,22). The van der Waals surface area contributed by atoms with Gasteiger partial charge in [0.25, 0.3) is 0 Å². The summed E-state index contributed by atoms with van der Waals surface area (Å²) in [7, 11) is 1.92. The average Bonchev–Trinajstić information content (AvgIpc) is 2.90. The number of thioether (sulfide) groups is 1. The van der Waals surface area contributed by atoms with Crippen LogP contribution < -0.4 is 5.32 Å². The van der Waals surface area contributed by atoms with Gasteiger partial charge in [-0.2, -0.15) is 0 Å². The van der Waals surface area contributed by atoms with Crippen molar-refractivity contribution in [2.45, 2.75) is 25.4 Å². The molecule has 0 atom stereocenters. The van der Waals surface area contributed by atoms with Crippen LogP contribution in [0.3, 0.4) is 0 Å². The van der Waals surface area contributed by atoms with Crippen LogP contribution in [0.4, 0.5) is 0 Å². The first-order valence-corrected chi connectivity index (χ1v) is 9.03. The highest BCUT2D eigenvalue weighted by Crippen LogP contribution is 2.20. The van der Waals surface area contributed by atoms with Gasteiger partial charge in [-0.15, -0.1) is 0 Å². The van der Waals surface area contributed by atoms with E-state index in [-0.39, 0.29) is 5.91 Å². The van der Waals surface area contributed by atoms with Crippen molar-refractivity contribution < 1.29 is 4.79 Å². The number of aryl methyl sites for hydroxylation is 1. The van der Waals surface area contributed by atoms with Crippen molar-refractivity contribution in [1.82, 2.24) is 24.8 Å². The molecule has 0 aliphatic rings. The summed E-state index contributed by atoms with van der Waals surface area (Å²) >= 11 is 1.44. The molecule has 126 valence electrons. The Morgan fingerprint density at radius 1 is 1.39 bits per heavy atom. The van der Waals surface area contributed by atoms with Gasteiger partial charge in [-0.3, -0.25) is 4.79 Å². The number of amides is 1. The van der Waals surface area contributed by atoms with E-state index >= 15 is 0 Å². The number of rotatable bonds is 9. The maximum absolute atomic E-state index is 11.9. The molecule has 0 saturated heterocycles. The quantitative estimate of drug-likeness (QED) is 0.560. The van der Waals surface area contributed by atoms with Crippen molar-refractivity contribution in [3.05, 3.63) is 18.3 Å². The van der Waals surface area contributed by atoms with Crippen LogP contribution in [0.1, 0.15) is 20.3 Å². The summed E-state index contributed by atoms with van der Waals surface area (Å²) in [5.74, 6) is 0.428. The van der Waals surface area contributed by atoms with E-state index in [9.17, 15) is 4.79 Å². The Kier molecular flexibility index (Phi) is 6.85. The second-order valence-electron chi connectivity index (χ2n) is 5.32. The third-order valence-corrected chi connectivity index (χ3v) is 4.82. The van der Waals surface area contributed by atoms with Gasteiger partial charge < -0.3 is 14.8 Å². The average molecular weight is 335 g/mol. The van der Waals surface area contributed by atoms with Crippen LogP contribution in [0, 0.1) is 0 Å². The minimum atomic E-state index is 0.0505. The van der Waals surface area contributed by atoms with E-state index in [0.29, 0.717) is 5.75 Å². The molecular formula is C16H25N5OS. The topological polar surface area (TPSA) is 63.1 Å². The fourth-order valence-electron chi connectivity index (χ4n) is 2.38. The highest BCUT2D eigenvalue weighted by Gasteiger charge is 2.10. The van der Waals surface area contributed by atoms with Gasteiger partial charge in [-0.05, 0) is 38.2 Å². The summed E-state index contributed by atoms with van der Waals surface area (Å²) in [4.78, 5) is 23.1. The van der Waals surface area contributed by atoms with E-state index < -0.39 is 0 Å². The number of imidazole rings is 1. The maximum atomic E-state index is 11.9. The van der Waals surface area contributed by atoms with Gasteiger partial charge in [0.2, 0.25) is 5.91 Å². The summed E-state index contributed by atoms with van der Waals surface area (Å²) in [6.45, 7) is 8.17. The van der Waals surface area contributed by atoms with Crippen LogP contribution in [0.25, 0.3) is 11.2 Å². The molecular weight excluding hydrogens is 310 g/mol. The van der Waals surface area contributed by atoms with Crippen LogP contribution in [-0.4, -0.2) is 57.3 Å². The van der Waals surface area contributed by atoms with Gasteiger partial charge in [0.05, 0.1) is 5.75 Å². The van der Waals surface area contributed by atoms with E-state index in [4.69, 9.17) is 0 Å². The fraction of sp³-hybridized carbons (Fsp3) is 0.562. The monoisotopic (exact) mass is 335 g/mol. The summed E-state index contributed by atoms with van der Waals surface area (Å²) in [6.07, 6.45) is 2.73. The van der Waals surface area contributed by atoms with E-state index in [1.807, 2.05) is 23.7 Å². The highest BCUT2D eigenvalue weighted by atomic mass is 32.2. The third-order valence-electron chi connectivity index (χ3n) is 3.79. The van der Waals surface area contributed by atoms with Crippen LogP contribution in [0.2, 0.25) is 0 Å². The summed E-state index contributed by atoms with van der Waals surface area (Å²) in [5, 5.41) is 3.79. The molecule has 0 radical (unpaired) electrons. The normalized spacial score (nSPS) is 11.3. The second kappa shape index (κ2) is 8.88. The van der Waals surface area contributed by atoms with Gasteiger partial charge in [-0.25, -0.2) is 9.97 Å². The molecule has 0 saturated carbocycles. The second-order valence-corrected chi connectivity index (χ2v) is 6.26. The molecule has 2 aromatic heterocycles. The number of hydrogen-bond acceptors (Lipinski definition) is 5. The van der Waals surface area contributed by atoms with Crippen molar-refractivity contribution in [1.29, 1.82) is 0 Å². The first-order chi connectivity index (χ1) is 11.2. The summed E-state index contributed by atoms with van der Waals surface area (Å²) < 4.78 is 1.92. The molecule has 0 fully saturated rings. The van der Waals surface area contributed by atoms with Gasteiger partial charge in [0, 0.05) is 19.8 Å². The zero-order valence-corrected chi connectivity index (χ0v) is 14.9. The number of nitrogens with one attached hydrogen (secondary N) is 1. The molecule has 2 heterocycles. The Bertz CT molecular complexity index is 638. The van der Waals surface area contributed by atoms with E-state index in [1.54, 1.807) is 6.20 Å². The Morgan fingerprint density at radius 2 is 2.17 bits per heavy atom. The Labute approximate surface area is 141 Å². The van der Waals surface area contributed by atoms with Gasteiger partial charge >= 0.3 is 0 Å². The summed E-state index contributed by atoms with van der Waals surface area (Å²) in [6, 6.07) is 3.80. The van der Waals surface area contributed by atoms with E-state index in [0.717, 1.165) is 48.9 Å². The lowest BCUT2D eigenvalue weighted by Crippen LogP contribution is -2.30. The number of fused-ring (bicyclic) bond motifs is 1.